The molecule has 2 fully saturated rings. The van der Waals surface area contributed by atoms with Crippen LogP contribution in [0.25, 0.3) is 0 Å². The molecule has 2 saturated heterocycles. The summed E-state index contributed by atoms with van der Waals surface area (Å²) in [6, 6.07) is 0. The maximum Gasteiger partial charge on any atom is 0.185 e. The van der Waals surface area contributed by atoms with Gasteiger partial charge in [0.05, 0.1) is 0 Å². The van der Waals surface area contributed by atoms with Crippen molar-refractivity contribution in [2.24, 2.45) is 5.41 Å². The normalized spacial score (nSPS) is 41.6. The summed E-state index contributed by atoms with van der Waals surface area (Å²) in [4.78, 5) is 2.45. The summed E-state index contributed by atoms with van der Waals surface area (Å²) in [5.41, 5.74) is 0.675. The van der Waals surface area contributed by atoms with Crippen molar-refractivity contribution < 1.29 is 0 Å². The predicted molar refractivity (Wildman–Crippen MR) is 44.7 cm³/mol. The predicted octanol–water partition coefficient (Wildman–Crippen LogP) is -0.780. The molecule has 0 saturated carbocycles. The molecule has 2 heterocycles. The Labute approximate surface area is 63.4 Å². The van der Waals surface area contributed by atoms with Crippen LogP contribution in [0.5, 0.6) is 0 Å². The van der Waals surface area contributed by atoms with Crippen LogP contribution in [0, 0.1) is 5.41 Å². The molecule has 3 heteroatoms. The fourth-order valence-electron chi connectivity index (χ4n) is 2.30. The number of hydrogen-bond acceptors (Lipinski definition) is 2. The van der Waals surface area contributed by atoms with E-state index in [1.165, 1.54) is 39.0 Å². The molecule has 10 heavy (non-hydrogen) atoms. The fourth-order valence-corrected chi connectivity index (χ4v) is 2.30. The van der Waals surface area contributed by atoms with Crippen molar-refractivity contribution >= 4 is 7.98 Å². The van der Waals surface area contributed by atoms with Gasteiger partial charge in [-0.2, -0.15) is 0 Å². The Bertz CT molecular complexity index is 132. The van der Waals surface area contributed by atoms with Gasteiger partial charge in [-0.05, 0) is 37.9 Å². The smallest absolute Gasteiger partial charge is 0.185 e. The number of nitrogens with one attached hydrogen (secondary N) is 1. The molecule has 2 aliphatic heterocycles. The average molecular weight is 138 g/mol. The molecule has 1 atom stereocenters. The van der Waals surface area contributed by atoms with Gasteiger partial charge in [-0.1, -0.05) is 0 Å². The van der Waals surface area contributed by atoms with Crippen molar-refractivity contribution in [3.63, 3.8) is 0 Å². The van der Waals surface area contributed by atoms with Gasteiger partial charge < -0.3 is 10.1 Å². The van der Waals surface area contributed by atoms with Crippen LogP contribution in [0.1, 0.15) is 12.8 Å². The second kappa shape index (κ2) is 2.24. The average Bonchev–Trinajstić information content (AvgIpc) is 2.46. The third kappa shape index (κ3) is 0.975. The van der Waals surface area contributed by atoms with E-state index in [4.69, 9.17) is 0 Å². The molecule has 0 aromatic carbocycles. The number of hydrogen-bond donors (Lipinski definition) is 1. The summed E-state index contributed by atoms with van der Waals surface area (Å²) in [5, 5.41) is 3.45. The zero-order chi connectivity index (χ0) is 7.03. The van der Waals surface area contributed by atoms with Crippen LogP contribution in [0.2, 0.25) is 0 Å². The summed E-state index contributed by atoms with van der Waals surface area (Å²) < 4.78 is 0. The van der Waals surface area contributed by atoms with Crippen molar-refractivity contribution in [3.8, 4) is 0 Å². The van der Waals surface area contributed by atoms with E-state index in [2.05, 4.69) is 18.1 Å². The Hall–Kier alpha value is -0.0151. The van der Waals surface area contributed by atoms with E-state index in [0.29, 0.717) is 5.41 Å². The Morgan fingerprint density at radius 3 is 2.80 bits per heavy atom. The van der Waals surface area contributed by atoms with Gasteiger partial charge in [-0.25, -0.2) is 0 Å². The fraction of sp³-hybridized carbons (Fsp3) is 1.00. The molecule has 0 aromatic rings. The quantitative estimate of drug-likeness (QED) is 0.442. The second-order valence-corrected chi connectivity index (χ2v) is 3.91. The van der Waals surface area contributed by atoms with E-state index in [1.54, 1.807) is 0 Å². The maximum atomic E-state index is 3.45. The van der Waals surface area contributed by atoms with E-state index in [-0.39, 0.29) is 0 Å². The summed E-state index contributed by atoms with van der Waals surface area (Å²) >= 11 is 0. The van der Waals surface area contributed by atoms with Gasteiger partial charge in [0.2, 0.25) is 0 Å². The van der Waals surface area contributed by atoms with Gasteiger partial charge >= 0.3 is 0 Å². The van der Waals surface area contributed by atoms with E-state index in [9.17, 15) is 0 Å². The number of rotatable bonds is 0. The molecule has 0 bridgehead atoms. The molecule has 2 rings (SSSR count). The highest BCUT2D eigenvalue weighted by molar-refractivity contribution is 6.04. The van der Waals surface area contributed by atoms with Crippen LogP contribution in [0.3, 0.4) is 0 Å². The van der Waals surface area contributed by atoms with Crippen LogP contribution in [0.15, 0.2) is 0 Å². The molecule has 0 amide bonds. The molecule has 56 valence electrons. The number of nitrogens with zero attached hydrogens (tertiary/aromatic N) is 1. The third-order valence-corrected chi connectivity index (χ3v) is 2.96. The highest BCUT2D eigenvalue weighted by Gasteiger charge is 2.38. The van der Waals surface area contributed by atoms with Crippen molar-refractivity contribution in [2.75, 3.05) is 26.2 Å². The lowest BCUT2D eigenvalue weighted by atomic mass is 9.86. The lowest BCUT2D eigenvalue weighted by Gasteiger charge is -2.20. The molecule has 0 radical (unpaired) electrons. The second-order valence-electron chi connectivity index (χ2n) is 3.91. The van der Waals surface area contributed by atoms with Crippen molar-refractivity contribution in [1.29, 1.82) is 0 Å². The molecule has 2 nitrogen and oxygen atoms in total. The van der Waals surface area contributed by atoms with Gasteiger partial charge in [0, 0.05) is 6.54 Å². The molecule has 2 aliphatic rings. The van der Waals surface area contributed by atoms with Gasteiger partial charge in [0.25, 0.3) is 0 Å². The van der Waals surface area contributed by atoms with Gasteiger partial charge in [0.15, 0.2) is 7.98 Å². The minimum Gasteiger partial charge on any atom is -0.348 e. The van der Waals surface area contributed by atoms with Crippen LogP contribution in [-0.4, -0.2) is 39.0 Å². The van der Waals surface area contributed by atoms with Gasteiger partial charge in [0.1, 0.15) is 0 Å². The van der Waals surface area contributed by atoms with Crippen LogP contribution in [-0.2, 0) is 0 Å². The van der Waals surface area contributed by atoms with Crippen LogP contribution >= 0.6 is 0 Å². The summed E-state index contributed by atoms with van der Waals surface area (Å²) in [5.74, 6) is 0. The standard InChI is InChI=1S/C7H15BN2/c8-10-4-2-7(6-10)1-3-9-5-7/h9H,1-6,8H2. The Balaban J connectivity index is 2.03. The highest BCUT2D eigenvalue weighted by Crippen LogP contribution is 2.34. The third-order valence-electron chi connectivity index (χ3n) is 2.96. The van der Waals surface area contributed by atoms with E-state index in [1.807, 2.05) is 0 Å². The summed E-state index contributed by atoms with van der Waals surface area (Å²) in [6.07, 6.45) is 2.81. The monoisotopic (exact) mass is 138 g/mol. The molecule has 0 aliphatic carbocycles. The minimum atomic E-state index is 0.675. The molecular formula is C7H15BN2. The molecule has 1 N–H and O–H groups in total. The largest absolute Gasteiger partial charge is 0.348 e. The van der Waals surface area contributed by atoms with Crippen molar-refractivity contribution in [1.82, 2.24) is 10.1 Å². The Kier molecular flexibility index (Phi) is 1.50. The zero-order valence-electron chi connectivity index (χ0n) is 6.69. The Morgan fingerprint density at radius 1 is 1.40 bits per heavy atom. The van der Waals surface area contributed by atoms with E-state index in [0.717, 1.165) is 0 Å². The van der Waals surface area contributed by atoms with Gasteiger partial charge in [-0.3, -0.25) is 0 Å². The summed E-state index contributed by atoms with van der Waals surface area (Å²) in [6.45, 7) is 5.13. The first-order valence-corrected chi connectivity index (χ1v) is 4.20. The van der Waals surface area contributed by atoms with Crippen LogP contribution in [0.4, 0.5) is 0 Å². The lowest BCUT2D eigenvalue weighted by Crippen LogP contribution is -2.27. The van der Waals surface area contributed by atoms with Gasteiger partial charge in [-0.15, -0.1) is 0 Å². The van der Waals surface area contributed by atoms with E-state index >= 15 is 0 Å². The molecule has 1 unspecified atom stereocenters. The maximum absolute atomic E-state index is 3.45. The molecular weight excluding hydrogens is 123 g/mol. The Morgan fingerprint density at radius 2 is 2.30 bits per heavy atom. The molecule has 0 aromatic heterocycles. The molecule has 1 spiro atoms. The first-order chi connectivity index (χ1) is 4.81. The first-order valence-electron chi connectivity index (χ1n) is 4.20. The lowest BCUT2D eigenvalue weighted by molar-refractivity contribution is 0.343. The van der Waals surface area contributed by atoms with Crippen molar-refractivity contribution in [3.05, 3.63) is 0 Å². The topological polar surface area (TPSA) is 15.3 Å². The zero-order valence-corrected chi connectivity index (χ0v) is 6.69. The minimum absolute atomic E-state index is 0.675. The first kappa shape index (κ1) is 6.68. The van der Waals surface area contributed by atoms with E-state index < -0.39 is 0 Å². The summed E-state index contributed by atoms with van der Waals surface area (Å²) in [7, 11) is 2.23. The van der Waals surface area contributed by atoms with Crippen LogP contribution < -0.4 is 5.32 Å². The van der Waals surface area contributed by atoms with Crippen molar-refractivity contribution in [2.45, 2.75) is 12.8 Å². The SMILES string of the molecule is BN1CCC2(CCNC2)C1. The highest BCUT2D eigenvalue weighted by atomic mass is 15.1.